The largest absolute Gasteiger partial charge is 0.490 e. The van der Waals surface area contributed by atoms with Gasteiger partial charge in [-0.2, -0.15) is 26.3 Å². The van der Waals surface area contributed by atoms with Crippen LogP contribution in [0.2, 0.25) is 0 Å². The molecule has 1 aliphatic heterocycles. The molecule has 0 aliphatic carbocycles. The summed E-state index contributed by atoms with van der Waals surface area (Å²) in [5.74, 6) is -4.97. The van der Waals surface area contributed by atoms with Crippen LogP contribution in [0.1, 0.15) is 27.4 Å². The van der Waals surface area contributed by atoms with E-state index in [0.717, 1.165) is 24.3 Å². The lowest BCUT2D eigenvalue weighted by Crippen LogP contribution is -2.39. The average Bonchev–Trinajstić information content (AvgIpc) is 3.24. The number of carboxylic acids is 2. The molecule has 0 bridgehead atoms. The van der Waals surface area contributed by atoms with Crippen molar-refractivity contribution in [3.8, 4) is 0 Å². The molecule has 9 nitrogen and oxygen atoms in total. The van der Waals surface area contributed by atoms with Gasteiger partial charge in [0.2, 0.25) is 0 Å². The lowest BCUT2D eigenvalue weighted by molar-refractivity contribution is -0.193. The maximum absolute atomic E-state index is 12.3. The highest BCUT2D eigenvalue weighted by Crippen LogP contribution is 2.20. The first-order chi connectivity index (χ1) is 17.2. The van der Waals surface area contributed by atoms with Gasteiger partial charge in [-0.3, -0.25) is 4.79 Å². The first kappa shape index (κ1) is 29.1. The summed E-state index contributed by atoms with van der Waals surface area (Å²) in [6.07, 6.45) is -4.56. The van der Waals surface area contributed by atoms with Crippen LogP contribution in [0, 0.1) is 0 Å². The van der Waals surface area contributed by atoms with E-state index >= 15 is 0 Å². The van der Waals surface area contributed by atoms with Gasteiger partial charge in [0.15, 0.2) is 0 Å². The van der Waals surface area contributed by atoms with Gasteiger partial charge in [-0.25, -0.2) is 14.6 Å². The van der Waals surface area contributed by atoms with Gasteiger partial charge in [0, 0.05) is 49.7 Å². The van der Waals surface area contributed by atoms with E-state index < -0.39 is 24.3 Å². The van der Waals surface area contributed by atoms with Crippen LogP contribution in [0.4, 0.5) is 26.3 Å². The molecule has 2 aromatic heterocycles. The third-order valence-electron chi connectivity index (χ3n) is 4.83. The van der Waals surface area contributed by atoms with E-state index in [1.165, 1.54) is 5.56 Å². The van der Waals surface area contributed by atoms with Gasteiger partial charge in [0.25, 0.3) is 5.91 Å². The number of benzene rings is 1. The molecule has 200 valence electrons. The Morgan fingerprint density at radius 2 is 1.49 bits per heavy atom. The monoisotopic (exact) mass is 534 g/mol. The number of carboxylic acid groups (broad SMARTS) is 2. The van der Waals surface area contributed by atoms with Crippen molar-refractivity contribution in [1.29, 1.82) is 0 Å². The maximum Gasteiger partial charge on any atom is 0.490 e. The van der Waals surface area contributed by atoms with Crippen LogP contribution >= 0.6 is 0 Å². The summed E-state index contributed by atoms with van der Waals surface area (Å²) >= 11 is 0. The van der Waals surface area contributed by atoms with E-state index in [9.17, 15) is 31.1 Å². The Hall–Kier alpha value is -4.14. The number of pyridine rings is 1. The van der Waals surface area contributed by atoms with Crippen molar-refractivity contribution in [2.75, 3.05) is 13.1 Å². The molecule has 0 spiro atoms. The van der Waals surface area contributed by atoms with Crippen molar-refractivity contribution in [3.63, 3.8) is 0 Å². The molecule has 1 fully saturated rings. The van der Waals surface area contributed by atoms with E-state index in [0.29, 0.717) is 18.0 Å². The number of nitrogens with one attached hydrogen (secondary N) is 2. The molecule has 4 rings (SSSR count). The number of carbonyl (C=O) groups excluding carboxylic acids is 1. The van der Waals surface area contributed by atoms with Crippen LogP contribution in [0.3, 0.4) is 0 Å². The molecule has 1 saturated heterocycles. The summed E-state index contributed by atoms with van der Waals surface area (Å²) in [5.41, 5.74) is 3.91. The van der Waals surface area contributed by atoms with E-state index in [2.05, 4.69) is 27.8 Å². The molecule has 0 saturated carbocycles. The highest BCUT2D eigenvalue weighted by molar-refractivity contribution is 5.94. The van der Waals surface area contributed by atoms with Crippen molar-refractivity contribution in [2.24, 2.45) is 0 Å². The highest BCUT2D eigenvalue weighted by atomic mass is 19.4. The highest BCUT2D eigenvalue weighted by Gasteiger charge is 2.38. The smallest absolute Gasteiger partial charge is 0.475 e. The van der Waals surface area contributed by atoms with E-state index in [1.807, 2.05) is 41.1 Å². The summed E-state index contributed by atoms with van der Waals surface area (Å²) in [4.78, 5) is 34.3. The Kier molecular flexibility index (Phi) is 9.60. The first-order valence-corrected chi connectivity index (χ1v) is 10.3. The predicted octanol–water partition coefficient (Wildman–Crippen LogP) is 3.22. The Morgan fingerprint density at radius 3 is 1.95 bits per heavy atom. The second-order valence-corrected chi connectivity index (χ2v) is 7.49. The number of imidazole rings is 1. The fourth-order valence-corrected chi connectivity index (χ4v) is 2.78. The summed E-state index contributed by atoms with van der Waals surface area (Å²) in [7, 11) is 0. The minimum Gasteiger partial charge on any atom is -0.475 e. The normalized spacial score (nSPS) is 13.4. The van der Waals surface area contributed by atoms with Gasteiger partial charge in [0.1, 0.15) is 5.65 Å². The van der Waals surface area contributed by atoms with Gasteiger partial charge < -0.3 is 25.2 Å². The number of carbonyl (C=O) groups is 3. The summed E-state index contributed by atoms with van der Waals surface area (Å²) in [5, 5.41) is 20.5. The van der Waals surface area contributed by atoms with Crippen LogP contribution in [0.25, 0.3) is 5.65 Å². The number of rotatable bonds is 4. The lowest BCUT2D eigenvalue weighted by Gasteiger charge is -2.27. The Balaban J connectivity index is 0.000000286. The molecular weight excluding hydrogens is 514 g/mol. The minimum atomic E-state index is -5.08. The molecule has 3 aromatic rings. The quantitative estimate of drug-likeness (QED) is 0.378. The molecule has 0 radical (unpaired) electrons. The van der Waals surface area contributed by atoms with E-state index in [1.54, 1.807) is 6.20 Å². The zero-order chi connectivity index (χ0) is 27.8. The van der Waals surface area contributed by atoms with Crippen LogP contribution in [-0.2, 0) is 16.1 Å². The molecule has 1 aromatic carbocycles. The molecular formula is C22H20F6N4O5. The van der Waals surface area contributed by atoms with Crippen molar-refractivity contribution < 1.29 is 50.9 Å². The zero-order valence-corrected chi connectivity index (χ0v) is 18.7. The van der Waals surface area contributed by atoms with Gasteiger partial charge in [0.05, 0.1) is 0 Å². The molecule has 15 heteroatoms. The summed E-state index contributed by atoms with van der Waals surface area (Å²) in [6, 6.07) is 11.9. The van der Waals surface area contributed by atoms with Crippen LogP contribution < -0.4 is 10.6 Å². The molecule has 1 aliphatic rings. The van der Waals surface area contributed by atoms with Gasteiger partial charge in [-0.15, -0.1) is 0 Å². The maximum atomic E-state index is 12.3. The number of aliphatic carboxylic acids is 2. The van der Waals surface area contributed by atoms with Crippen LogP contribution in [0.5, 0.6) is 0 Å². The molecule has 0 unspecified atom stereocenters. The minimum absolute atomic E-state index is 0.0495. The average molecular weight is 534 g/mol. The first-order valence-electron chi connectivity index (χ1n) is 10.3. The second-order valence-electron chi connectivity index (χ2n) is 7.49. The Labute approximate surface area is 204 Å². The number of hydrogen-bond acceptors (Lipinski definition) is 5. The van der Waals surface area contributed by atoms with Crippen molar-refractivity contribution in [2.45, 2.75) is 24.8 Å². The van der Waals surface area contributed by atoms with E-state index in [4.69, 9.17) is 19.8 Å². The number of alkyl halides is 6. The number of amides is 1. The van der Waals surface area contributed by atoms with Gasteiger partial charge in [-0.05, 0) is 35.4 Å². The lowest BCUT2D eigenvalue weighted by atomic mass is 9.93. The number of hydrogen-bond donors (Lipinski definition) is 4. The second kappa shape index (κ2) is 12.2. The number of nitrogens with zero attached hydrogens (tertiary/aromatic N) is 2. The van der Waals surface area contributed by atoms with Crippen LogP contribution in [-0.4, -0.2) is 62.9 Å². The Morgan fingerprint density at radius 1 is 0.946 bits per heavy atom. The zero-order valence-electron chi connectivity index (χ0n) is 18.7. The van der Waals surface area contributed by atoms with Crippen molar-refractivity contribution in [1.82, 2.24) is 20.0 Å². The molecule has 0 atom stereocenters. The number of aromatic nitrogens is 2. The molecule has 1 amide bonds. The molecule has 4 N–H and O–H groups in total. The van der Waals surface area contributed by atoms with E-state index in [-0.39, 0.29) is 5.91 Å². The molecule has 37 heavy (non-hydrogen) atoms. The van der Waals surface area contributed by atoms with Gasteiger partial charge in [-0.1, -0.05) is 12.1 Å². The summed E-state index contributed by atoms with van der Waals surface area (Å²) in [6.45, 7) is 2.56. The number of fused-ring (bicyclic) bond motifs is 1. The fraction of sp³-hybridized carbons (Fsp3) is 0.273. The molecule has 3 heterocycles. The predicted molar refractivity (Wildman–Crippen MR) is 116 cm³/mol. The SMILES string of the molecule is O=C(NCc1ccn2ccnc2c1)c1ccc(C2CNC2)cc1.O=C(O)C(F)(F)F.O=C(O)C(F)(F)F. The fourth-order valence-electron chi connectivity index (χ4n) is 2.78. The number of halogens is 6. The van der Waals surface area contributed by atoms with Crippen molar-refractivity contribution >= 4 is 23.5 Å². The Bertz CT molecular complexity index is 1200. The van der Waals surface area contributed by atoms with Crippen molar-refractivity contribution in [3.05, 3.63) is 71.7 Å². The van der Waals surface area contributed by atoms with Gasteiger partial charge >= 0.3 is 24.3 Å². The topological polar surface area (TPSA) is 133 Å². The van der Waals surface area contributed by atoms with Crippen LogP contribution in [0.15, 0.2) is 55.0 Å². The standard InChI is InChI=1S/C18H18N4O.2C2HF3O2/c23-18(15-3-1-14(2-4-15)16-11-19-12-16)21-10-13-5-7-22-8-6-20-17(22)9-13;2*3-2(4,5)1(6)7/h1-9,16,19H,10-12H2,(H,21,23);2*(H,6,7). The summed E-state index contributed by atoms with van der Waals surface area (Å²) < 4.78 is 65.4. The third kappa shape index (κ3) is 9.10. The third-order valence-corrected chi connectivity index (χ3v) is 4.83.